The number of nitrogens with zero attached hydrogens (tertiary/aromatic N) is 1. The molecule has 0 aromatic carbocycles. The number of ether oxygens (including phenoxy) is 2. The van der Waals surface area contributed by atoms with E-state index in [9.17, 15) is 9.90 Å². The Morgan fingerprint density at radius 1 is 0.789 bits per heavy atom. The number of carbonyl (C=O) groups is 1. The van der Waals surface area contributed by atoms with Gasteiger partial charge in [-0.1, -0.05) is 87.3 Å². The molecule has 0 bridgehead atoms. The standard InChI is InChI=1S/C46H89INO6Si4.3C4H9.Sn/c1-24-37(53-57(20,21)44(8,9)10)27-25-34(2)26-28-38(52-33-51-29-30-55(15,16)17)32-39(54-58(22,23)45(11,12)13)36(4)41(49)46(14)40(31-35(3)47)48(42(46)50)56(18,19)43(5,6)7;3*1-3-4-2;/h1,24-26,28,31,36-41,49H,27,29-30,32-33H2,2-23H3;3*1,3-4H2,2H3;/b24-1?,28-26+,34-25+,35-31-;;;;/t36-,37-,38-,39-,40-,41+,46+;;;;/m1..../s1. The Labute approximate surface area is 463 Å². The van der Waals surface area contributed by atoms with E-state index in [4.69, 9.17) is 18.3 Å². The molecule has 0 aromatic rings. The van der Waals surface area contributed by atoms with Crippen LogP contribution in [0.15, 0.2) is 43.6 Å². The van der Waals surface area contributed by atoms with Gasteiger partial charge in [0.2, 0.25) is 5.91 Å². The van der Waals surface area contributed by atoms with Crippen molar-refractivity contribution in [3.05, 3.63) is 43.6 Å². The molecular formula is C58H116INO6Si4Sn. The molecule has 1 rings (SSSR count). The predicted molar refractivity (Wildman–Crippen MR) is 333 cm³/mol. The van der Waals surface area contributed by atoms with E-state index in [1.165, 1.54) is 57.4 Å². The third-order valence-corrected chi connectivity index (χ3v) is 48.0. The number of unbranched alkanes of at least 4 members (excludes halogenated alkanes) is 3. The van der Waals surface area contributed by atoms with Gasteiger partial charge in [0.15, 0.2) is 16.6 Å². The third kappa shape index (κ3) is 21.1. The van der Waals surface area contributed by atoms with Crippen molar-refractivity contribution in [3.63, 3.8) is 0 Å². The van der Waals surface area contributed by atoms with E-state index >= 15 is 0 Å². The van der Waals surface area contributed by atoms with Crippen LogP contribution in [-0.4, -0.2) is 111 Å². The van der Waals surface area contributed by atoms with E-state index in [1.807, 2.05) is 6.92 Å². The fraction of sp³-hybridized carbons (Fsp3) is 0.845. The van der Waals surface area contributed by atoms with Crippen LogP contribution in [0.2, 0.25) is 93.4 Å². The number of carbonyl (C=O) groups excluding carboxylic acids is 1. The van der Waals surface area contributed by atoms with Crippen LogP contribution in [0.3, 0.4) is 0 Å². The Morgan fingerprint density at radius 2 is 1.28 bits per heavy atom. The van der Waals surface area contributed by atoms with Crippen molar-refractivity contribution >= 4 is 79.8 Å². The van der Waals surface area contributed by atoms with E-state index in [0.717, 1.165) is 16.0 Å². The molecule has 0 saturated carbocycles. The normalized spacial score (nSPS) is 21.0. The third-order valence-electron chi connectivity index (χ3n) is 17.4. The number of halogens is 1. The van der Waals surface area contributed by atoms with E-state index in [2.05, 4.69) is 224 Å². The van der Waals surface area contributed by atoms with Gasteiger partial charge in [-0.15, -0.1) is 0 Å². The first kappa shape index (κ1) is 69.6. The maximum absolute atomic E-state index is 14.8. The average Bonchev–Trinajstić information content (AvgIpc) is 3.23. The SMILES string of the molecule is CCC[CH2][Sn](/[CH]=C/[C@H](C/C=C(C)/C=C/[C@H](C[C@@H](O[Si](C)(C)C(C)(C)C)[C@@H](C)[C@H](O)[C@@]1(C)C(=O)N([Si](C)(C)C(C)(C)C)[C@@H]1/C=C(/C)I)OCOCC[Si](C)(C)C)O[Si](C)(C)C(C)(C)C)([CH2]CCC)[CH2]CCC. The number of amides is 1. The van der Waals surface area contributed by atoms with Crippen molar-refractivity contribution < 1.29 is 28.2 Å². The van der Waals surface area contributed by atoms with Crippen LogP contribution in [-0.2, 0) is 23.1 Å². The zero-order valence-electron chi connectivity index (χ0n) is 51.1. The summed E-state index contributed by atoms with van der Waals surface area (Å²) in [6.07, 6.45) is 19.1. The Hall–Kier alpha value is 0.626. The first-order valence-electron chi connectivity index (χ1n) is 28.1. The molecular weight excluding hydrogens is 1160 g/mol. The summed E-state index contributed by atoms with van der Waals surface area (Å²) >= 11 is -0.200. The minimum atomic E-state index is -2.56. The van der Waals surface area contributed by atoms with E-state index in [-0.39, 0.29) is 58.1 Å². The Balaban J connectivity index is 3.92. The second-order valence-corrected chi connectivity index (χ2v) is 62.9. The summed E-state index contributed by atoms with van der Waals surface area (Å²) in [5, 5.41) is 12.8. The number of rotatable bonds is 32. The van der Waals surface area contributed by atoms with Crippen LogP contribution < -0.4 is 0 Å². The molecule has 7 atom stereocenters. The van der Waals surface area contributed by atoms with Gasteiger partial charge in [0.1, 0.15) is 0 Å². The van der Waals surface area contributed by atoms with Crippen LogP contribution in [0.25, 0.3) is 0 Å². The second kappa shape index (κ2) is 29.0. The van der Waals surface area contributed by atoms with Crippen molar-refractivity contribution in [2.75, 3.05) is 13.4 Å². The van der Waals surface area contributed by atoms with Gasteiger partial charge in [-0.05, 0) is 69.2 Å². The van der Waals surface area contributed by atoms with Crippen molar-refractivity contribution in [2.45, 2.75) is 286 Å². The Bertz CT molecular complexity index is 1710. The molecule has 1 fully saturated rings. The van der Waals surface area contributed by atoms with E-state index in [1.54, 1.807) is 0 Å². The van der Waals surface area contributed by atoms with E-state index < -0.39 is 62.8 Å². The van der Waals surface area contributed by atoms with Crippen molar-refractivity contribution in [2.24, 2.45) is 11.3 Å². The fourth-order valence-electron chi connectivity index (χ4n) is 9.00. The van der Waals surface area contributed by atoms with Crippen LogP contribution in [0, 0.1) is 11.3 Å². The summed E-state index contributed by atoms with van der Waals surface area (Å²) in [5.41, 5.74) is 0.176. The molecule has 71 heavy (non-hydrogen) atoms. The maximum atomic E-state index is 14.8. The molecule has 13 heteroatoms. The monoisotopic (exact) mass is 1280 g/mol. The summed E-state index contributed by atoms with van der Waals surface area (Å²) in [5.74, 6) is -0.307. The molecule has 1 amide bonds. The van der Waals surface area contributed by atoms with Gasteiger partial charge in [-0.2, -0.15) is 0 Å². The molecule has 1 aliphatic rings. The predicted octanol–water partition coefficient (Wildman–Crippen LogP) is 18.2. The van der Waals surface area contributed by atoms with Crippen LogP contribution in [0.1, 0.15) is 162 Å². The van der Waals surface area contributed by atoms with Gasteiger partial charge in [0.05, 0.1) is 17.6 Å². The van der Waals surface area contributed by atoms with Crippen LogP contribution >= 0.6 is 22.6 Å². The molecule has 1 heterocycles. The summed E-state index contributed by atoms with van der Waals surface area (Å²) in [6.45, 7) is 58.0. The van der Waals surface area contributed by atoms with Gasteiger partial charge < -0.3 is 9.67 Å². The van der Waals surface area contributed by atoms with Gasteiger partial charge >= 0.3 is 241 Å². The fourth-order valence-corrected chi connectivity index (χ4v) is 29.7. The van der Waals surface area contributed by atoms with Crippen LogP contribution in [0.4, 0.5) is 0 Å². The number of allylic oxidation sites excluding steroid dienone is 3. The van der Waals surface area contributed by atoms with Gasteiger partial charge in [-0.25, -0.2) is 0 Å². The molecule has 0 radical (unpaired) electrons. The quantitative estimate of drug-likeness (QED) is 0.0181. The number of aliphatic hydroxyl groups excluding tert-OH is 1. The summed E-state index contributed by atoms with van der Waals surface area (Å²) < 4.78 is 38.1. The van der Waals surface area contributed by atoms with Gasteiger partial charge in [0.25, 0.3) is 0 Å². The van der Waals surface area contributed by atoms with Crippen LogP contribution in [0.5, 0.6) is 0 Å². The number of aliphatic hydroxyl groups is 1. The first-order valence-corrected chi connectivity index (χ1v) is 49.4. The molecule has 416 valence electrons. The molecule has 1 aliphatic heterocycles. The number of hydrogen-bond acceptors (Lipinski definition) is 6. The molecule has 0 spiro atoms. The summed E-state index contributed by atoms with van der Waals surface area (Å²) in [7, 11) is -8.02. The average molecular weight is 1280 g/mol. The van der Waals surface area contributed by atoms with Gasteiger partial charge in [0, 0.05) is 14.7 Å². The Kier molecular flexibility index (Phi) is 28.5. The topological polar surface area (TPSA) is 77.5 Å². The summed E-state index contributed by atoms with van der Waals surface area (Å²) in [4.78, 5) is 14.8. The number of hydrogen-bond donors (Lipinski definition) is 1. The zero-order chi connectivity index (χ0) is 55.2. The second-order valence-electron chi connectivity index (χ2n) is 28.0. The van der Waals surface area contributed by atoms with E-state index in [0.29, 0.717) is 13.0 Å². The zero-order valence-corrected chi connectivity index (χ0v) is 60.2. The summed E-state index contributed by atoms with van der Waals surface area (Å²) in [6, 6.07) is 0.860. The van der Waals surface area contributed by atoms with Crippen molar-refractivity contribution in [1.29, 1.82) is 0 Å². The molecule has 1 saturated heterocycles. The molecule has 0 aliphatic carbocycles. The first-order chi connectivity index (χ1) is 32.2. The van der Waals surface area contributed by atoms with Crippen molar-refractivity contribution in [3.8, 4) is 0 Å². The molecule has 7 nitrogen and oxygen atoms in total. The number of β-lactam (4-membered cyclic amide) rings is 1. The Morgan fingerprint density at radius 3 is 1.72 bits per heavy atom. The molecule has 0 unspecified atom stereocenters. The van der Waals surface area contributed by atoms with Gasteiger partial charge in [-0.3, -0.25) is 4.79 Å². The minimum absolute atomic E-state index is 0.0366. The molecule has 0 aromatic heterocycles. The van der Waals surface area contributed by atoms with Crippen molar-refractivity contribution in [1.82, 2.24) is 4.57 Å². The molecule has 1 N–H and O–H groups in total.